The lowest BCUT2D eigenvalue weighted by molar-refractivity contribution is 0.290. The van der Waals surface area contributed by atoms with Gasteiger partial charge in [0, 0.05) is 19.3 Å². The van der Waals surface area contributed by atoms with Crippen LogP contribution in [0.5, 0.6) is 0 Å². The summed E-state index contributed by atoms with van der Waals surface area (Å²) in [6, 6.07) is 0. The molecule has 0 bridgehead atoms. The number of likely N-dealkylation sites (N-methyl/N-ethyl adjacent to an activating group) is 1. The maximum atomic E-state index is 4.18. The lowest BCUT2D eigenvalue weighted by atomic mass is 10.4. The number of hydrogen-bond donors (Lipinski definition) is 0. The van der Waals surface area contributed by atoms with Crippen LogP contribution < -0.4 is 0 Å². The van der Waals surface area contributed by atoms with Crippen LogP contribution in [0.3, 0.4) is 0 Å². The van der Waals surface area contributed by atoms with E-state index >= 15 is 0 Å². The van der Waals surface area contributed by atoms with E-state index in [0.29, 0.717) is 0 Å². The van der Waals surface area contributed by atoms with Crippen LogP contribution in [0.1, 0.15) is 13.8 Å². The maximum absolute atomic E-state index is 4.18. The third-order valence-corrected chi connectivity index (χ3v) is 2.73. The molecule has 4 heteroatoms. The molecule has 1 heterocycles. The lowest BCUT2D eigenvalue weighted by Gasteiger charge is -2.17. The predicted octanol–water partition coefficient (Wildman–Crippen LogP) is 1.83. The molecule has 0 spiro atoms. The molecule has 0 aliphatic carbocycles. The van der Waals surface area contributed by atoms with Crippen LogP contribution in [0, 0.1) is 3.70 Å². The zero-order valence-electron chi connectivity index (χ0n) is 8.20. The van der Waals surface area contributed by atoms with Crippen molar-refractivity contribution in [2.75, 3.05) is 19.6 Å². The Hall–Kier alpha value is -0.100. The summed E-state index contributed by atoms with van der Waals surface area (Å²) in [7, 11) is 0. The molecular formula is C9H16IN3. The van der Waals surface area contributed by atoms with Crippen molar-refractivity contribution in [3.8, 4) is 0 Å². The van der Waals surface area contributed by atoms with E-state index in [1.165, 1.54) is 0 Å². The fraction of sp³-hybridized carbons (Fsp3) is 0.667. The van der Waals surface area contributed by atoms with Gasteiger partial charge >= 0.3 is 0 Å². The Bertz CT molecular complexity index is 243. The van der Waals surface area contributed by atoms with Crippen molar-refractivity contribution in [1.29, 1.82) is 0 Å². The zero-order chi connectivity index (χ0) is 9.68. The molecule has 0 atom stereocenters. The first-order chi connectivity index (χ1) is 6.26. The van der Waals surface area contributed by atoms with Crippen LogP contribution in [0.4, 0.5) is 0 Å². The molecule has 0 amide bonds. The van der Waals surface area contributed by atoms with Gasteiger partial charge in [-0.15, -0.1) is 0 Å². The van der Waals surface area contributed by atoms with E-state index in [4.69, 9.17) is 0 Å². The van der Waals surface area contributed by atoms with Crippen molar-refractivity contribution < 1.29 is 0 Å². The molecule has 0 saturated carbocycles. The largest absolute Gasteiger partial charge is 0.335 e. The molecule has 1 aromatic rings. The molecule has 13 heavy (non-hydrogen) atoms. The summed E-state index contributed by atoms with van der Waals surface area (Å²) >= 11 is 2.23. The highest BCUT2D eigenvalue weighted by molar-refractivity contribution is 14.1. The van der Waals surface area contributed by atoms with Crippen molar-refractivity contribution in [3.63, 3.8) is 0 Å². The first-order valence-corrected chi connectivity index (χ1v) is 5.73. The van der Waals surface area contributed by atoms with E-state index in [-0.39, 0.29) is 0 Å². The van der Waals surface area contributed by atoms with E-state index in [1.54, 1.807) is 0 Å². The molecule has 0 aromatic carbocycles. The van der Waals surface area contributed by atoms with E-state index in [2.05, 4.69) is 57.1 Å². The Morgan fingerprint density at radius 3 is 2.62 bits per heavy atom. The van der Waals surface area contributed by atoms with Crippen LogP contribution in [-0.4, -0.2) is 34.1 Å². The molecule has 0 saturated heterocycles. The maximum Gasteiger partial charge on any atom is 0.119 e. The van der Waals surface area contributed by atoms with Crippen molar-refractivity contribution >= 4 is 22.6 Å². The number of rotatable bonds is 5. The van der Waals surface area contributed by atoms with Crippen molar-refractivity contribution in [3.05, 3.63) is 16.2 Å². The monoisotopic (exact) mass is 293 g/mol. The minimum Gasteiger partial charge on any atom is -0.335 e. The van der Waals surface area contributed by atoms with Gasteiger partial charge in [-0.2, -0.15) is 0 Å². The van der Waals surface area contributed by atoms with Gasteiger partial charge < -0.3 is 9.47 Å². The van der Waals surface area contributed by atoms with Gasteiger partial charge in [0.15, 0.2) is 0 Å². The van der Waals surface area contributed by atoms with Crippen LogP contribution in [0.15, 0.2) is 12.5 Å². The number of halogens is 1. The Labute approximate surface area is 93.3 Å². The topological polar surface area (TPSA) is 21.1 Å². The molecule has 0 aliphatic rings. The van der Waals surface area contributed by atoms with E-state index in [0.717, 1.165) is 29.9 Å². The van der Waals surface area contributed by atoms with Crippen LogP contribution >= 0.6 is 22.6 Å². The van der Waals surface area contributed by atoms with E-state index in [9.17, 15) is 0 Å². The van der Waals surface area contributed by atoms with Gasteiger partial charge in [0.2, 0.25) is 0 Å². The summed E-state index contributed by atoms with van der Waals surface area (Å²) in [6.07, 6.45) is 3.97. The van der Waals surface area contributed by atoms with Gasteiger partial charge in [-0.25, -0.2) is 4.98 Å². The predicted molar refractivity (Wildman–Crippen MR) is 62.7 cm³/mol. The Kier molecular flexibility index (Phi) is 4.72. The van der Waals surface area contributed by atoms with Crippen LogP contribution in [0.2, 0.25) is 0 Å². The van der Waals surface area contributed by atoms with Gasteiger partial charge in [-0.05, 0) is 35.7 Å². The number of nitrogens with zero attached hydrogens (tertiary/aromatic N) is 3. The SMILES string of the molecule is CCN(CC)CCn1cnc(I)c1. The quantitative estimate of drug-likeness (QED) is 0.772. The molecule has 0 fully saturated rings. The third-order valence-electron chi connectivity index (χ3n) is 2.17. The van der Waals surface area contributed by atoms with Gasteiger partial charge in [0.05, 0.1) is 6.33 Å². The minimum atomic E-state index is 1.04. The summed E-state index contributed by atoms with van der Waals surface area (Å²) in [5.74, 6) is 0. The highest BCUT2D eigenvalue weighted by Crippen LogP contribution is 1.99. The summed E-state index contributed by atoms with van der Waals surface area (Å²) < 4.78 is 3.21. The molecule has 3 nitrogen and oxygen atoms in total. The molecule has 74 valence electrons. The molecule has 1 rings (SSSR count). The standard InChI is InChI=1S/C9H16IN3/c1-3-12(4-2)5-6-13-7-9(10)11-8-13/h7-8H,3-6H2,1-2H3. The lowest BCUT2D eigenvalue weighted by Crippen LogP contribution is -2.26. The summed E-state index contributed by atoms with van der Waals surface area (Å²) in [6.45, 7) is 8.80. The highest BCUT2D eigenvalue weighted by atomic mass is 127. The summed E-state index contributed by atoms with van der Waals surface area (Å²) in [5, 5.41) is 0. The van der Waals surface area contributed by atoms with E-state index in [1.807, 2.05) is 6.33 Å². The summed E-state index contributed by atoms with van der Waals surface area (Å²) in [4.78, 5) is 6.59. The molecule has 0 N–H and O–H groups in total. The summed E-state index contributed by atoms with van der Waals surface area (Å²) in [5.41, 5.74) is 0. The van der Waals surface area contributed by atoms with Gasteiger partial charge in [-0.1, -0.05) is 13.8 Å². The van der Waals surface area contributed by atoms with Gasteiger partial charge in [0.25, 0.3) is 0 Å². The van der Waals surface area contributed by atoms with Crippen LogP contribution in [0.25, 0.3) is 0 Å². The number of aromatic nitrogens is 2. The molecule has 1 aromatic heterocycles. The molecule has 0 unspecified atom stereocenters. The highest BCUT2D eigenvalue weighted by Gasteiger charge is 1.99. The first-order valence-electron chi connectivity index (χ1n) is 4.65. The third kappa shape index (κ3) is 3.64. The van der Waals surface area contributed by atoms with Crippen LogP contribution in [-0.2, 0) is 6.54 Å². The smallest absolute Gasteiger partial charge is 0.119 e. The molecule has 0 aliphatic heterocycles. The van der Waals surface area contributed by atoms with Gasteiger partial charge in [-0.3, -0.25) is 0 Å². The average molecular weight is 293 g/mol. The fourth-order valence-corrected chi connectivity index (χ4v) is 1.73. The van der Waals surface area contributed by atoms with E-state index < -0.39 is 0 Å². The van der Waals surface area contributed by atoms with Crippen molar-refractivity contribution in [1.82, 2.24) is 14.5 Å². The molecule has 0 radical (unpaired) electrons. The first kappa shape index (κ1) is 11.0. The van der Waals surface area contributed by atoms with Crippen molar-refractivity contribution in [2.24, 2.45) is 0 Å². The zero-order valence-corrected chi connectivity index (χ0v) is 10.4. The second-order valence-electron chi connectivity index (χ2n) is 2.96. The Morgan fingerprint density at radius 2 is 2.15 bits per heavy atom. The Morgan fingerprint density at radius 1 is 1.46 bits per heavy atom. The van der Waals surface area contributed by atoms with Gasteiger partial charge in [0.1, 0.15) is 3.70 Å². The Balaban J connectivity index is 2.33. The normalized spacial score (nSPS) is 11.1. The molecular weight excluding hydrogens is 277 g/mol. The number of hydrogen-bond acceptors (Lipinski definition) is 2. The van der Waals surface area contributed by atoms with Crippen molar-refractivity contribution in [2.45, 2.75) is 20.4 Å². The number of imidazole rings is 1. The second-order valence-corrected chi connectivity index (χ2v) is 4.07. The average Bonchev–Trinajstić information content (AvgIpc) is 2.53. The fourth-order valence-electron chi connectivity index (χ4n) is 1.25. The second kappa shape index (κ2) is 5.59. The minimum absolute atomic E-state index is 1.04.